The number of rotatable bonds is 8. The third-order valence-electron chi connectivity index (χ3n) is 7.29. The smallest absolute Gasteiger partial charge is 0.336 e. The molecule has 3 aromatic rings. The van der Waals surface area contributed by atoms with E-state index in [0.29, 0.717) is 37.3 Å². The second-order valence-corrected chi connectivity index (χ2v) is 9.52. The molecule has 0 radical (unpaired) electrons. The van der Waals surface area contributed by atoms with Crippen molar-refractivity contribution in [3.8, 4) is 11.5 Å². The molecule has 3 aromatic carbocycles. The number of ether oxygens (including phenoxy) is 3. The summed E-state index contributed by atoms with van der Waals surface area (Å²) < 4.78 is 16.7. The largest absolute Gasteiger partial charge is 0.497 e. The van der Waals surface area contributed by atoms with Crippen LogP contribution < -0.4 is 14.8 Å². The Morgan fingerprint density at radius 2 is 1.63 bits per heavy atom. The molecule has 0 spiro atoms. The molecule has 2 aliphatic heterocycles. The molecule has 38 heavy (non-hydrogen) atoms. The Morgan fingerprint density at radius 1 is 0.895 bits per heavy atom. The number of benzene rings is 3. The molecule has 2 atom stereocenters. The highest BCUT2D eigenvalue weighted by atomic mass is 16.5. The zero-order valence-electron chi connectivity index (χ0n) is 21.7. The average Bonchev–Trinajstić information content (AvgIpc) is 3.28. The number of methoxy groups -OCH3 is 2. The highest BCUT2D eigenvalue weighted by Gasteiger charge is 2.47. The van der Waals surface area contributed by atoms with E-state index >= 15 is 0 Å². The van der Waals surface area contributed by atoms with Crippen LogP contribution in [0.2, 0.25) is 0 Å². The molecule has 7 nitrogen and oxygen atoms in total. The number of amides is 2. The molecule has 7 heteroatoms. The molecule has 0 aromatic heterocycles. The van der Waals surface area contributed by atoms with Gasteiger partial charge in [0, 0.05) is 18.2 Å². The SMILES string of the molecule is COC(=O)C1=C(c2ccccc2OCc2ccccc2)C[C@@H]2CC[C@H]1N2C(=O)NCc1ccc(OC)cc1. The van der Waals surface area contributed by atoms with Gasteiger partial charge in [-0.2, -0.15) is 0 Å². The van der Waals surface area contributed by atoms with Gasteiger partial charge in [0.15, 0.2) is 0 Å². The topological polar surface area (TPSA) is 77.1 Å². The predicted molar refractivity (Wildman–Crippen MR) is 145 cm³/mol. The fraction of sp³-hybridized carbons (Fsp3) is 0.290. The molecule has 2 bridgehead atoms. The van der Waals surface area contributed by atoms with Gasteiger partial charge in [-0.3, -0.25) is 0 Å². The molecule has 0 unspecified atom stereocenters. The molecular weight excluding hydrogens is 480 g/mol. The number of hydrogen-bond acceptors (Lipinski definition) is 5. The molecule has 2 amide bonds. The summed E-state index contributed by atoms with van der Waals surface area (Å²) in [6.07, 6.45) is 2.09. The highest BCUT2D eigenvalue weighted by Crippen LogP contribution is 2.45. The Bertz CT molecular complexity index is 1320. The molecule has 2 aliphatic rings. The van der Waals surface area contributed by atoms with Crippen LogP contribution in [0.4, 0.5) is 4.79 Å². The fourth-order valence-corrected chi connectivity index (χ4v) is 5.43. The van der Waals surface area contributed by atoms with Crippen molar-refractivity contribution < 1.29 is 23.8 Å². The third kappa shape index (κ3) is 5.23. The van der Waals surface area contributed by atoms with Crippen molar-refractivity contribution in [2.24, 2.45) is 0 Å². The second kappa shape index (κ2) is 11.4. The molecule has 196 valence electrons. The summed E-state index contributed by atoms with van der Waals surface area (Å²) in [5.41, 5.74) is 4.34. The van der Waals surface area contributed by atoms with Crippen molar-refractivity contribution in [1.29, 1.82) is 0 Å². The molecule has 2 heterocycles. The van der Waals surface area contributed by atoms with Crippen LogP contribution in [0.15, 0.2) is 84.4 Å². The Kier molecular flexibility index (Phi) is 7.63. The number of nitrogens with one attached hydrogen (secondary N) is 1. The number of nitrogens with zero attached hydrogens (tertiary/aromatic N) is 1. The zero-order chi connectivity index (χ0) is 26.5. The third-order valence-corrected chi connectivity index (χ3v) is 7.29. The van der Waals surface area contributed by atoms with E-state index in [1.807, 2.05) is 83.8 Å². The van der Waals surface area contributed by atoms with Crippen LogP contribution in [0.25, 0.3) is 5.57 Å². The second-order valence-electron chi connectivity index (χ2n) is 9.52. The Balaban J connectivity index is 1.40. The van der Waals surface area contributed by atoms with Crippen LogP contribution in [-0.2, 0) is 22.7 Å². The number of carbonyl (C=O) groups excluding carboxylic acids is 2. The van der Waals surface area contributed by atoms with Gasteiger partial charge in [0.2, 0.25) is 0 Å². The van der Waals surface area contributed by atoms with E-state index < -0.39 is 5.97 Å². The van der Waals surface area contributed by atoms with Crippen molar-refractivity contribution in [2.45, 2.75) is 44.5 Å². The van der Waals surface area contributed by atoms with Crippen LogP contribution in [0.5, 0.6) is 11.5 Å². The van der Waals surface area contributed by atoms with Crippen LogP contribution >= 0.6 is 0 Å². The minimum Gasteiger partial charge on any atom is -0.497 e. The molecular formula is C31H32N2O5. The molecule has 1 fully saturated rings. The summed E-state index contributed by atoms with van der Waals surface area (Å²) in [5.74, 6) is 1.07. The summed E-state index contributed by atoms with van der Waals surface area (Å²) in [5, 5.41) is 3.04. The lowest BCUT2D eigenvalue weighted by Crippen LogP contribution is -2.50. The monoisotopic (exact) mass is 512 g/mol. The molecule has 1 N–H and O–H groups in total. The Hall–Kier alpha value is -4.26. The van der Waals surface area contributed by atoms with Crippen molar-refractivity contribution in [3.63, 3.8) is 0 Å². The predicted octanol–water partition coefficient (Wildman–Crippen LogP) is 5.35. The lowest BCUT2D eigenvalue weighted by Gasteiger charge is -2.37. The first-order chi connectivity index (χ1) is 18.6. The standard InChI is InChI=1S/C31H32N2O5/c1-36-24-15-12-21(13-16-24)19-32-31(35)33-23-14-17-27(33)29(30(34)37-2)26(18-23)25-10-6-7-11-28(25)38-20-22-8-4-3-5-9-22/h3-13,15-16,23,27H,14,17-20H2,1-2H3,(H,32,35)/t23-,27+/m0/s1. The first kappa shape index (κ1) is 25.4. The summed E-state index contributed by atoms with van der Waals surface area (Å²) in [6, 6.07) is 24.8. The maximum absolute atomic E-state index is 13.4. The number of urea groups is 1. The van der Waals surface area contributed by atoms with Gasteiger partial charge >= 0.3 is 12.0 Å². The van der Waals surface area contributed by atoms with E-state index in [4.69, 9.17) is 14.2 Å². The van der Waals surface area contributed by atoms with Crippen molar-refractivity contribution in [1.82, 2.24) is 10.2 Å². The molecule has 1 saturated heterocycles. The van der Waals surface area contributed by atoms with Crippen LogP contribution in [0.3, 0.4) is 0 Å². The minimum absolute atomic E-state index is 0.0125. The Labute approximate surface area is 223 Å². The van der Waals surface area contributed by atoms with E-state index in [1.165, 1.54) is 7.11 Å². The summed E-state index contributed by atoms with van der Waals surface area (Å²) >= 11 is 0. The summed E-state index contributed by atoms with van der Waals surface area (Å²) in [7, 11) is 3.01. The maximum Gasteiger partial charge on any atom is 0.336 e. The van der Waals surface area contributed by atoms with E-state index in [9.17, 15) is 9.59 Å². The number of esters is 1. The summed E-state index contributed by atoms with van der Waals surface area (Å²) in [4.78, 5) is 28.3. The normalized spacial score (nSPS) is 18.2. The first-order valence-corrected chi connectivity index (χ1v) is 12.9. The number of hydrogen-bond donors (Lipinski definition) is 1. The Morgan fingerprint density at radius 3 is 2.37 bits per heavy atom. The minimum atomic E-state index is -0.406. The highest BCUT2D eigenvalue weighted by molar-refractivity contribution is 6.01. The van der Waals surface area contributed by atoms with E-state index in [0.717, 1.165) is 34.4 Å². The molecule has 0 aliphatic carbocycles. The van der Waals surface area contributed by atoms with Crippen molar-refractivity contribution >= 4 is 17.6 Å². The maximum atomic E-state index is 13.4. The van der Waals surface area contributed by atoms with Crippen molar-refractivity contribution in [3.05, 3.63) is 101 Å². The zero-order valence-corrected chi connectivity index (χ0v) is 21.7. The van der Waals surface area contributed by atoms with Gasteiger partial charge in [-0.1, -0.05) is 60.7 Å². The number of fused-ring (bicyclic) bond motifs is 2. The number of carbonyl (C=O) groups is 2. The van der Waals surface area contributed by atoms with Crippen molar-refractivity contribution in [2.75, 3.05) is 14.2 Å². The lowest BCUT2D eigenvalue weighted by molar-refractivity contribution is -0.136. The van der Waals surface area contributed by atoms with Gasteiger partial charge in [-0.25, -0.2) is 9.59 Å². The van der Waals surface area contributed by atoms with E-state index in [2.05, 4.69) is 5.32 Å². The quantitative estimate of drug-likeness (QED) is 0.412. The molecule has 0 saturated carbocycles. The van der Waals surface area contributed by atoms with Gasteiger partial charge in [0.25, 0.3) is 0 Å². The lowest BCUT2D eigenvalue weighted by atomic mass is 9.88. The summed E-state index contributed by atoms with van der Waals surface area (Å²) in [6.45, 7) is 0.810. The fourth-order valence-electron chi connectivity index (χ4n) is 5.43. The van der Waals surface area contributed by atoms with Gasteiger partial charge < -0.3 is 24.4 Å². The number of para-hydroxylation sites is 1. The first-order valence-electron chi connectivity index (χ1n) is 12.9. The van der Waals surface area contributed by atoms with E-state index in [1.54, 1.807) is 7.11 Å². The van der Waals surface area contributed by atoms with Gasteiger partial charge in [-0.05, 0) is 54.2 Å². The average molecular weight is 513 g/mol. The van der Waals surface area contributed by atoms with Gasteiger partial charge in [-0.15, -0.1) is 0 Å². The van der Waals surface area contributed by atoms with Crippen LogP contribution in [0, 0.1) is 0 Å². The van der Waals surface area contributed by atoms with Crippen LogP contribution in [0.1, 0.15) is 36.0 Å². The van der Waals surface area contributed by atoms with Gasteiger partial charge in [0.05, 0.1) is 25.8 Å². The van der Waals surface area contributed by atoms with Crippen LogP contribution in [-0.4, -0.2) is 43.2 Å². The molecule has 5 rings (SSSR count). The van der Waals surface area contributed by atoms with Gasteiger partial charge in [0.1, 0.15) is 18.1 Å². The van der Waals surface area contributed by atoms with E-state index in [-0.39, 0.29) is 18.1 Å².